The Morgan fingerprint density at radius 2 is 2.23 bits per heavy atom. The van der Waals surface area contributed by atoms with Crippen LogP contribution in [0.15, 0.2) is 16.5 Å². The number of fused-ring (bicyclic) bond motifs is 1. The molecule has 2 heterocycles. The van der Waals surface area contributed by atoms with Gasteiger partial charge in [0.1, 0.15) is 17.0 Å². The molecule has 13 heavy (non-hydrogen) atoms. The molecule has 0 radical (unpaired) electrons. The average molecular weight is 178 g/mol. The third-order valence-corrected chi connectivity index (χ3v) is 1.94. The third-order valence-electron chi connectivity index (χ3n) is 1.94. The van der Waals surface area contributed by atoms with E-state index in [9.17, 15) is 0 Å². The number of furan rings is 1. The summed E-state index contributed by atoms with van der Waals surface area (Å²) >= 11 is 0. The fraction of sp³-hybridized carbons (Fsp3) is 0.222. The van der Waals surface area contributed by atoms with Crippen molar-refractivity contribution in [2.24, 2.45) is 0 Å². The van der Waals surface area contributed by atoms with Crippen LogP contribution in [-0.4, -0.2) is 12.1 Å². The van der Waals surface area contributed by atoms with Crippen LogP contribution in [0.25, 0.3) is 11.1 Å². The molecule has 68 valence electrons. The maximum Gasteiger partial charge on any atom is 0.213 e. The Morgan fingerprint density at radius 3 is 2.92 bits per heavy atom. The monoisotopic (exact) mass is 178 g/mol. The summed E-state index contributed by atoms with van der Waals surface area (Å²) in [4.78, 5) is 4.17. The number of ether oxygens (including phenoxy) is 1. The first kappa shape index (κ1) is 7.91. The summed E-state index contributed by atoms with van der Waals surface area (Å²) in [5.74, 6) is 1.23. The van der Waals surface area contributed by atoms with Crippen LogP contribution in [0.3, 0.4) is 0 Å². The molecule has 0 aliphatic heterocycles. The van der Waals surface area contributed by atoms with Crippen LogP contribution in [0.1, 0.15) is 5.76 Å². The maximum atomic E-state index is 5.75. The number of rotatable bonds is 1. The highest BCUT2D eigenvalue weighted by Crippen LogP contribution is 2.27. The van der Waals surface area contributed by atoms with E-state index in [2.05, 4.69) is 4.98 Å². The molecule has 0 aliphatic rings. The molecule has 0 unspecified atom stereocenters. The minimum atomic E-state index is 0.542. The number of nitrogen functional groups attached to an aromatic ring is 1. The number of methoxy groups -OCH3 is 1. The van der Waals surface area contributed by atoms with E-state index in [4.69, 9.17) is 14.9 Å². The Balaban J connectivity index is 2.75. The number of aromatic nitrogens is 1. The molecule has 0 aliphatic carbocycles. The summed E-state index contributed by atoms with van der Waals surface area (Å²) in [6.07, 6.45) is 0. The number of hydrogen-bond acceptors (Lipinski definition) is 4. The lowest BCUT2D eigenvalue weighted by atomic mass is 10.3. The van der Waals surface area contributed by atoms with Crippen molar-refractivity contribution in [3.8, 4) is 5.88 Å². The highest BCUT2D eigenvalue weighted by atomic mass is 16.5. The molecule has 0 bridgehead atoms. The SMILES string of the molecule is COc1ccc2oc(C)c(N)c2n1. The van der Waals surface area contributed by atoms with Crippen LogP contribution in [0.4, 0.5) is 5.69 Å². The molecule has 0 spiro atoms. The minimum Gasteiger partial charge on any atom is -0.481 e. The van der Waals surface area contributed by atoms with Crippen LogP contribution in [-0.2, 0) is 0 Å². The lowest BCUT2D eigenvalue weighted by Crippen LogP contribution is -1.89. The molecule has 2 aromatic heterocycles. The third kappa shape index (κ3) is 1.11. The van der Waals surface area contributed by atoms with Crippen molar-refractivity contribution in [1.82, 2.24) is 4.98 Å². The van der Waals surface area contributed by atoms with Gasteiger partial charge in [0.15, 0.2) is 5.58 Å². The van der Waals surface area contributed by atoms with Gasteiger partial charge < -0.3 is 14.9 Å². The molecule has 0 amide bonds. The molecule has 0 aromatic carbocycles. The molecule has 0 fully saturated rings. The zero-order valence-corrected chi connectivity index (χ0v) is 7.50. The fourth-order valence-electron chi connectivity index (χ4n) is 1.20. The molecule has 4 nitrogen and oxygen atoms in total. The highest BCUT2D eigenvalue weighted by Gasteiger charge is 2.09. The molecule has 0 saturated carbocycles. The van der Waals surface area contributed by atoms with Gasteiger partial charge in [-0.3, -0.25) is 0 Å². The summed E-state index contributed by atoms with van der Waals surface area (Å²) in [5, 5.41) is 0. The van der Waals surface area contributed by atoms with Gasteiger partial charge in [-0.25, -0.2) is 4.98 Å². The Kier molecular flexibility index (Phi) is 1.62. The van der Waals surface area contributed by atoms with E-state index in [1.807, 2.05) is 6.92 Å². The number of hydrogen-bond donors (Lipinski definition) is 1. The van der Waals surface area contributed by atoms with Gasteiger partial charge in [0.2, 0.25) is 5.88 Å². The molecule has 2 rings (SSSR count). The van der Waals surface area contributed by atoms with E-state index in [-0.39, 0.29) is 0 Å². The van der Waals surface area contributed by atoms with Gasteiger partial charge in [0, 0.05) is 6.07 Å². The summed E-state index contributed by atoms with van der Waals surface area (Å²) in [7, 11) is 1.57. The van der Waals surface area contributed by atoms with Gasteiger partial charge >= 0.3 is 0 Å². The van der Waals surface area contributed by atoms with E-state index >= 15 is 0 Å². The van der Waals surface area contributed by atoms with Gasteiger partial charge in [-0.05, 0) is 13.0 Å². The molecule has 4 heteroatoms. The number of nitrogens with zero attached hydrogens (tertiary/aromatic N) is 1. The van der Waals surface area contributed by atoms with E-state index in [1.54, 1.807) is 19.2 Å². The summed E-state index contributed by atoms with van der Waals surface area (Å²) in [6.45, 7) is 1.81. The molecule has 2 N–H and O–H groups in total. The van der Waals surface area contributed by atoms with Crippen molar-refractivity contribution in [2.45, 2.75) is 6.92 Å². The number of nitrogens with two attached hydrogens (primary N) is 1. The van der Waals surface area contributed by atoms with Crippen LogP contribution in [0.5, 0.6) is 5.88 Å². The van der Waals surface area contributed by atoms with Crippen molar-refractivity contribution in [3.05, 3.63) is 17.9 Å². The molecular formula is C9H10N2O2. The molecule has 0 atom stereocenters. The largest absolute Gasteiger partial charge is 0.481 e. The summed E-state index contributed by atoms with van der Waals surface area (Å²) in [5.41, 5.74) is 7.68. The Labute approximate surface area is 75.3 Å². The van der Waals surface area contributed by atoms with Gasteiger partial charge in [0.25, 0.3) is 0 Å². The van der Waals surface area contributed by atoms with Gasteiger partial charge in [-0.1, -0.05) is 0 Å². The molecular weight excluding hydrogens is 168 g/mol. The van der Waals surface area contributed by atoms with E-state index in [1.165, 1.54) is 0 Å². The van der Waals surface area contributed by atoms with E-state index < -0.39 is 0 Å². The Hall–Kier alpha value is -1.71. The van der Waals surface area contributed by atoms with Crippen molar-refractivity contribution in [3.63, 3.8) is 0 Å². The maximum absolute atomic E-state index is 5.75. The number of pyridine rings is 1. The van der Waals surface area contributed by atoms with Crippen LogP contribution >= 0.6 is 0 Å². The lowest BCUT2D eigenvalue weighted by molar-refractivity contribution is 0.399. The summed E-state index contributed by atoms with van der Waals surface area (Å²) in [6, 6.07) is 3.54. The molecule has 0 saturated heterocycles. The number of anilines is 1. The number of aryl methyl sites for hydroxylation is 1. The second-order valence-electron chi connectivity index (χ2n) is 2.77. The quantitative estimate of drug-likeness (QED) is 0.722. The van der Waals surface area contributed by atoms with E-state index in [0.717, 1.165) is 0 Å². The van der Waals surface area contributed by atoms with Crippen molar-refractivity contribution in [1.29, 1.82) is 0 Å². The first-order chi connectivity index (χ1) is 6.22. The van der Waals surface area contributed by atoms with Gasteiger partial charge in [-0.15, -0.1) is 0 Å². The lowest BCUT2D eigenvalue weighted by Gasteiger charge is -1.96. The topological polar surface area (TPSA) is 61.3 Å². The van der Waals surface area contributed by atoms with Crippen LogP contribution < -0.4 is 10.5 Å². The zero-order valence-electron chi connectivity index (χ0n) is 7.50. The first-order valence-corrected chi connectivity index (χ1v) is 3.92. The normalized spacial score (nSPS) is 10.6. The standard InChI is InChI=1S/C9H10N2O2/c1-5-8(10)9-6(13-5)3-4-7(11-9)12-2/h3-4H,10H2,1-2H3. The Bertz CT molecular complexity index is 448. The summed E-state index contributed by atoms with van der Waals surface area (Å²) < 4.78 is 10.3. The first-order valence-electron chi connectivity index (χ1n) is 3.92. The highest BCUT2D eigenvalue weighted by molar-refractivity contribution is 5.87. The second-order valence-corrected chi connectivity index (χ2v) is 2.77. The zero-order chi connectivity index (χ0) is 9.42. The molecule has 2 aromatic rings. The average Bonchev–Trinajstić information content (AvgIpc) is 2.43. The van der Waals surface area contributed by atoms with Crippen molar-refractivity contribution >= 4 is 16.8 Å². The van der Waals surface area contributed by atoms with Crippen LogP contribution in [0.2, 0.25) is 0 Å². The van der Waals surface area contributed by atoms with Crippen LogP contribution in [0, 0.1) is 6.92 Å². The minimum absolute atomic E-state index is 0.542. The Morgan fingerprint density at radius 1 is 1.46 bits per heavy atom. The smallest absolute Gasteiger partial charge is 0.213 e. The predicted octanol–water partition coefficient (Wildman–Crippen LogP) is 1.73. The van der Waals surface area contributed by atoms with E-state index in [0.29, 0.717) is 28.4 Å². The second kappa shape index (κ2) is 2.65. The van der Waals surface area contributed by atoms with Gasteiger partial charge in [-0.2, -0.15) is 0 Å². The van der Waals surface area contributed by atoms with Gasteiger partial charge in [0.05, 0.1) is 7.11 Å². The predicted molar refractivity (Wildman–Crippen MR) is 49.7 cm³/mol. The fourth-order valence-corrected chi connectivity index (χ4v) is 1.20. The van der Waals surface area contributed by atoms with Crippen molar-refractivity contribution < 1.29 is 9.15 Å². The van der Waals surface area contributed by atoms with Crippen molar-refractivity contribution in [2.75, 3.05) is 12.8 Å².